The molecule has 6 heteroatoms. The van der Waals surface area contributed by atoms with Crippen LogP contribution in [0.2, 0.25) is 0 Å². The molecule has 2 rings (SSSR count). The van der Waals surface area contributed by atoms with E-state index in [2.05, 4.69) is 10.1 Å². The van der Waals surface area contributed by atoms with Gasteiger partial charge in [-0.25, -0.2) is 0 Å². The average Bonchev–Trinajstić information content (AvgIpc) is 2.43. The van der Waals surface area contributed by atoms with Gasteiger partial charge in [0.05, 0.1) is 7.11 Å². The maximum absolute atomic E-state index is 11.7. The number of rotatable bonds is 3. The normalized spacial score (nSPS) is 16.8. The van der Waals surface area contributed by atoms with Crippen LogP contribution in [0.3, 0.4) is 0 Å². The number of carbonyl (C=O) groups is 2. The average molecular weight is 251 g/mol. The smallest absolute Gasteiger partial charge is 0.325 e. The van der Waals surface area contributed by atoms with Crippen molar-refractivity contribution in [1.29, 1.82) is 0 Å². The Morgan fingerprint density at radius 2 is 2.11 bits per heavy atom. The van der Waals surface area contributed by atoms with Gasteiger partial charge in [0.2, 0.25) is 6.10 Å². The Bertz CT molecular complexity index is 460. The molecule has 1 aliphatic rings. The molecule has 1 heterocycles. The third kappa shape index (κ3) is 2.71. The molecule has 0 aromatic heterocycles. The molecule has 0 radical (unpaired) electrons. The molecule has 0 bridgehead atoms. The molecule has 0 fully saturated rings. The minimum atomic E-state index is -0.760. The number of para-hydroxylation sites is 2. The number of ether oxygens (including phenoxy) is 3. The second kappa shape index (κ2) is 5.39. The molecule has 96 valence electrons. The molecule has 0 aliphatic carbocycles. The second-order valence-corrected chi connectivity index (χ2v) is 3.66. The molecule has 1 aliphatic heterocycles. The van der Waals surface area contributed by atoms with Gasteiger partial charge >= 0.3 is 5.97 Å². The fourth-order valence-corrected chi connectivity index (χ4v) is 1.49. The number of nitrogens with one attached hydrogen (secondary N) is 1. The molecule has 1 amide bonds. The van der Waals surface area contributed by atoms with Gasteiger partial charge in [0.25, 0.3) is 5.91 Å². The summed E-state index contributed by atoms with van der Waals surface area (Å²) in [6, 6.07) is 7.09. The summed E-state index contributed by atoms with van der Waals surface area (Å²) < 4.78 is 15.3. The zero-order valence-electron chi connectivity index (χ0n) is 9.84. The van der Waals surface area contributed by atoms with E-state index < -0.39 is 18.0 Å². The van der Waals surface area contributed by atoms with Crippen molar-refractivity contribution in [3.63, 3.8) is 0 Å². The highest BCUT2D eigenvalue weighted by molar-refractivity contribution is 5.85. The van der Waals surface area contributed by atoms with E-state index in [9.17, 15) is 9.59 Å². The number of amides is 1. The summed E-state index contributed by atoms with van der Waals surface area (Å²) in [5.41, 5.74) is 0. The number of carbonyl (C=O) groups excluding carboxylic acids is 2. The lowest BCUT2D eigenvalue weighted by atomic mass is 10.2. The number of hydrogen-bond donors (Lipinski definition) is 1. The Morgan fingerprint density at radius 3 is 2.83 bits per heavy atom. The van der Waals surface area contributed by atoms with Gasteiger partial charge in [-0.3, -0.25) is 9.59 Å². The zero-order chi connectivity index (χ0) is 13.0. The summed E-state index contributed by atoms with van der Waals surface area (Å²) in [5.74, 6) is 0.201. The Labute approximate surface area is 104 Å². The first-order chi connectivity index (χ1) is 8.70. The highest BCUT2D eigenvalue weighted by Crippen LogP contribution is 2.30. The fourth-order valence-electron chi connectivity index (χ4n) is 1.49. The van der Waals surface area contributed by atoms with Gasteiger partial charge in [-0.1, -0.05) is 12.1 Å². The predicted octanol–water partition coefficient (Wildman–Crippen LogP) is 0.116. The molecule has 18 heavy (non-hydrogen) atoms. The van der Waals surface area contributed by atoms with E-state index in [0.717, 1.165) is 0 Å². The van der Waals surface area contributed by atoms with Gasteiger partial charge < -0.3 is 19.5 Å². The second-order valence-electron chi connectivity index (χ2n) is 3.66. The molecule has 0 saturated carbocycles. The molecule has 6 nitrogen and oxygen atoms in total. The lowest BCUT2D eigenvalue weighted by molar-refractivity contribution is -0.142. The molecule has 1 N–H and O–H groups in total. The zero-order valence-corrected chi connectivity index (χ0v) is 9.84. The Balaban J connectivity index is 1.92. The maximum Gasteiger partial charge on any atom is 0.325 e. The number of esters is 1. The summed E-state index contributed by atoms with van der Waals surface area (Å²) >= 11 is 0. The number of hydrogen-bond acceptors (Lipinski definition) is 5. The van der Waals surface area contributed by atoms with Crippen molar-refractivity contribution >= 4 is 11.9 Å². The molecule has 0 saturated heterocycles. The quantitative estimate of drug-likeness (QED) is 0.772. The van der Waals surface area contributed by atoms with Crippen molar-refractivity contribution in [2.45, 2.75) is 6.10 Å². The monoisotopic (exact) mass is 251 g/mol. The van der Waals surface area contributed by atoms with E-state index in [-0.39, 0.29) is 13.2 Å². The number of benzene rings is 1. The largest absolute Gasteiger partial charge is 0.485 e. The predicted molar refractivity (Wildman–Crippen MR) is 61.4 cm³/mol. The molecule has 1 atom stereocenters. The standard InChI is InChI=1S/C12H13NO5/c1-16-11(14)6-13-12(15)10-7-17-8-4-2-3-5-9(8)18-10/h2-5,10H,6-7H2,1H3,(H,13,15). The van der Waals surface area contributed by atoms with Crippen LogP contribution in [0.25, 0.3) is 0 Å². The first-order valence-electron chi connectivity index (χ1n) is 5.43. The van der Waals surface area contributed by atoms with Crippen LogP contribution >= 0.6 is 0 Å². The van der Waals surface area contributed by atoms with Crippen LogP contribution in [0.5, 0.6) is 11.5 Å². The summed E-state index contributed by atoms with van der Waals surface area (Å²) in [6.45, 7) is -0.0686. The summed E-state index contributed by atoms with van der Waals surface area (Å²) in [4.78, 5) is 22.6. The lowest BCUT2D eigenvalue weighted by Crippen LogP contribution is -2.45. The van der Waals surface area contributed by atoms with Crippen LogP contribution in [0.4, 0.5) is 0 Å². The lowest BCUT2D eigenvalue weighted by Gasteiger charge is -2.25. The Hall–Kier alpha value is -2.24. The van der Waals surface area contributed by atoms with Gasteiger partial charge in [-0.05, 0) is 12.1 Å². The SMILES string of the molecule is COC(=O)CNC(=O)C1COc2ccccc2O1. The summed E-state index contributed by atoms with van der Waals surface area (Å²) in [7, 11) is 1.25. The van der Waals surface area contributed by atoms with Crippen molar-refractivity contribution in [2.75, 3.05) is 20.3 Å². The molecule has 1 aromatic carbocycles. The molecular weight excluding hydrogens is 238 g/mol. The summed E-state index contributed by atoms with van der Waals surface area (Å²) in [6.07, 6.45) is -0.760. The maximum atomic E-state index is 11.7. The highest BCUT2D eigenvalue weighted by atomic mass is 16.6. The van der Waals surface area contributed by atoms with E-state index in [0.29, 0.717) is 11.5 Å². The fraction of sp³-hybridized carbons (Fsp3) is 0.333. The molecule has 1 aromatic rings. The van der Waals surface area contributed by atoms with E-state index in [1.54, 1.807) is 18.2 Å². The van der Waals surface area contributed by atoms with Gasteiger partial charge in [0.15, 0.2) is 11.5 Å². The van der Waals surface area contributed by atoms with E-state index >= 15 is 0 Å². The van der Waals surface area contributed by atoms with E-state index in [4.69, 9.17) is 9.47 Å². The third-order valence-corrected chi connectivity index (χ3v) is 2.44. The van der Waals surface area contributed by atoms with Gasteiger partial charge in [0, 0.05) is 0 Å². The van der Waals surface area contributed by atoms with Crippen molar-refractivity contribution in [3.8, 4) is 11.5 Å². The van der Waals surface area contributed by atoms with Crippen molar-refractivity contribution in [2.24, 2.45) is 0 Å². The third-order valence-electron chi connectivity index (χ3n) is 2.44. The first-order valence-corrected chi connectivity index (χ1v) is 5.43. The van der Waals surface area contributed by atoms with E-state index in [1.165, 1.54) is 7.11 Å². The highest BCUT2D eigenvalue weighted by Gasteiger charge is 2.27. The van der Waals surface area contributed by atoms with Crippen LogP contribution in [0.15, 0.2) is 24.3 Å². The Morgan fingerprint density at radius 1 is 1.39 bits per heavy atom. The van der Waals surface area contributed by atoms with Crippen molar-refractivity contribution in [3.05, 3.63) is 24.3 Å². The van der Waals surface area contributed by atoms with Crippen LogP contribution in [-0.2, 0) is 14.3 Å². The minimum Gasteiger partial charge on any atom is -0.485 e. The van der Waals surface area contributed by atoms with Crippen molar-refractivity contribution < 1.29 is 23.8 Å². The number of fused-ring (bicyclic) bond motifs is 1. The minimum absolute atomic E-state index is 0.115. The van der Waals surface area contributed by atoms with Crippen molar-refractivity contribution in [1.82, 2.24) is 5.32 Å². The topological polar surface area (TPSA) is 73.9 Å². The Kier molecular flexibility index (Phi) is 3.66. The van der Waals surface area contributed by atoms with E-state index in [1.807, 2.05) is 6.07 Å². The van der Waals surface area contributed by atoms with Crippen LogP contribution in [-0.4, -0.2) is 38.2 Å². The molecule has 0 spiro atoms. The summed E-state index contributed by atoms with van der Waals surface area (Å²) in [5, 5.41) is 2.42. The van der Waals surface area contributed by atoms with Gasteiger partial charge in [-0.15, -0.1) is 0 Å². The van der Waals surface area contributed by atoms with Crippen LogP contribution in [0.1, 0.15) is 0 Å². The van der Waals surface area contributed by atoms with Gasteiger partial charge in [0.1, 0.15) is 13.2 Å². The number of methoxy groups -OCH3 is 1. The van der Waals surface area contributed by atoms with Gasteiger partial charge in [-0.2, -0.15) is 0 Å². The molecule has 1 unspecified atom stereocenters. The van der Waals surface area contributed by atoms with Crippen LogP contribution in [0, 0.1) is 0 Å². The molecular formula is C12H13NO5. The first kappa shape index (κ1) is 12.2. The van der Waals surface area contributed by atoms with Crippen LogP contribution < -0.4 is 14.8 Å².